The van der Waals surface area contributed by atoms with Crippen molar-refractivity contribution in [2.24, 2.45) is 0 Å². The quantitative estimate of drug-likeness (QED) is 0.851. The number of amides is 1. The van der Waals surface area contributed by atoms with Gasteiger partial charge in [0.15, 0.2) is 6.10 Å². The number of hydrogen-bond donors (Lipinski definition) is 2. The number of nitrogens with one attached hydrogen (secondary N) is 1. The number of carbonyl (C=O) groups is 2. The molecule has 1 amide bonds. The van der Waals surface area contributed by atoms with E-state index in [1.165, 1.54) is 12.1 Å². The van der Waals surface area contributed by atoms with E-state index in [-0.39, 0.29) is 17.5 Å². The van der Waals surface area contributed by atoms with Crippen molar-refractivity contribution >= 4 is 27.8 Å². The third-order valence-corrected chi connectivity index (χ3v) is 4.17. The van der Waals surface area contributed by atoms with Crippen molar-refractivity contribution in [1.29, 1.82) is 0 Å². The third-order valence-electron chi connectivity index (χ3n) is 3.55. The number of rotatable bonds is 5. The van der Waals surface area contributed by atoms with Crippen LogP contribution in [0.25, 0.3) is 0 Å². The minimum atomic E-state index is -1.01. The fourth-order valence-corrected chi connectivity index (χ4v) is 2.83. The van der Waals surface area contributed by atoms with E-state index in [0.717, 1.165) is 25.7 Å². The van der Waals surface area contributed by atoms with Gasteiger partial charge in [0.25, 0.3) is 5.91 Å². The van der Waals surface area contributed by atoms with Crippen LogP contribution >= 0.6 is 15.9 Å². The molecule has 1 atom stereocenters. The Labute approximate surface area is 131 Å². The van der Waals surface area contributed by atoms with Gasteiger partial charge in [-0.15, -0.1) is 0 Å². The highest BCUT2D eigenvalue weighted by molar-refractivity contribution is 9.10. The SMILES string of the molecule is CC(Oc1ccc(C(=O)O)cc1Br)C(=O)NC1CCCC1. The third kappa shape index (κ3) is 4.20. The largest absolute Gasteiger partial charge is 0.480 e. The van der Waals surface area contributed by atoms with Crippen LogP contribution in [0, 0.1) is 0 Å². The molecule has 0 spiro atoms. The summed E-state index contributed by atoms with van der Waals surface area (Å²) in [6, 6.07) is 4.71. The molecule has 2 N–H and O–H groups in total. The van der Waals surface area contributed by atoms with Crippen LogP contribution in [0.5, 0.6) is 5.75 Å². The summed E-state index contributed by atoms with van der Waals surface area (Å²) in [5.74, 6) is -0.695. The Morgan fingerprint density at radius 2 is 2.05 bits per heavy atom. The topological polar surface area (TPSA) is 75.6 Å². The molecule has 0 bridgehead atoms. The van der Waals surface area contributed by atoms with Gasteiger partial charge in [0.1, 0.15) is 5.75 Å². The Hall–Kier alpha value is -1.56. The fourth-order valence-electron chi connectivity index (χ4n) is 2.36. The second-order valence-corrected chi connectivity index (χ2v) is 6.05. The van der Waals surface area contributed by atoms with Crippen LogP contribution in [0.1, 0.15) is 43.0 Å². The molecule has 0 radical (unpaired) electrons. The van der Waals surface area contributed by atoms with Gasteiger partial charge in [0.2, 0.25) is 0 Å². The highest BCUT2D eigenvalue weighted by Crippen LogP contribution is 2.27. The van der Waals surface area contributed by atoms with E-state index in [1.807, 2.05) is 0 Å². The van der Waals surface area contributed by atoms with Crippen molar-refractivity contribution in [2.75, 3.05) is 0 Å². The molecule has 21 heavy (non-hydrogen) atoms. The Morgan fingerprint density at radius 3 is 2.62 bits per heavy atom. The predicted octanol–water partition coefficient (Wildman–Crippen LogP) is 2.97. The van der Waals surface area contributed by atoms with E-state index in [4.69, 9.17) is 9.84 Å². The van der Waals surface area contributed by atoms with Crippen LogP contribution in [-0.4, -0.2) is 29.1 Å². The molecule has 2 rings (SSSR count). The first kappa shape index (κ1) is 15.8. The van der Waals surface area contributed by atoms with Gasteiger partial charge in [-0.25, -0.2) is 4.79 Å². The number of halogens is 1. The zero-order chi connectivity index (χ0) is 15.4. The van der Waals surface area contributed by atoms with Crippen LogP contribution in [-0.2, 0) is 4.79 Å². The lowest BCUT2D eigenvalue weighted by atomic mass is 10.2. The number of hydrogen-bond acceptors (Lipinski definition) is 3. The molecule has 1 aromatic carbocycles. The predicted molar refractivity (Wildman–Crippen MR) is 81.6 cm³/mol. The van der Waals surface area contributed by atoms with Crippen molar-refractivity contribution < 1.29 is 19.4 Å². The molecule has 5 nitrogen and oxygen atoms in total. The molecule has 1 aliphatic rings. The maximum atomic E-state index is 12.0. The summed E-state index contributed by atoms with van der Waals surface area (Å²) in [4.78, 5) is 22.9. The standard InChI is InChI=1S/C15H18BrNO4/c1-9(14(18)17-11-4-2-3-5-11)21-13-7-6-10(15(19)20)8-12(13)16/h6-9,11H,2-5H2,1H3,(H,17,18)(H,19,20). The van der Waals surface area contributed by atoms with Gasteiger partial charge < -0.3 is 15.2 Å². The average Bonchev–Trinajstić information content (AvgIpc) is 2.93. The summed E-state index contributed by atoms with van der Waals surface area (Å²) >= 11 is 3.26. The van der Waals surface area contributed by atoms with E-state index >= 15 is 0 Å². The number of carboxylic acid groups (broad SMARTS) is 1. The van der Waals surface area contributed by atoms with Gasteiger partial charge in [0.05, 0.1) is 10.0 Å². The van der Waals surface area contributed by atoms with Crippen molar-refractivity contribution in [3.63, 3.8) is 0 Å². The van der Waals surface area contributed by atoms with E-state index in [9.17, 15) is 9.59 Å². The van der Waals surface area contributed by atoms with Gasteiger partial charge in [0, 0.05) is 6.04 Å². The number of aromatic carboxylic acids is 1. The highest BCUT2D eigenvalue weighted by Gasteiger charge is 2.22. The van der Waals surface area contributed by atoms with Gasteiger partial charge in [-0.1, -0.05) is 12.8 Å². The molecule has 0 saturated heterocycles. The first-order valence-electron chi connectivity index (χ1n) is 6.97. The Bertz CT molecular complexity index is 540. The number of carbonyl (C=O) groups excluding carboxylic acids is 1. The monoisotopic (exact) mass is 355 g/mol. The minimum Gasteiger partial charge on any atom is -0.480 e. The van der Waals surface area contributed by atoms with Crippen LogP contribution < -0.4 is 10.1 Å². The summed E-state index contributed by atoms with van der Waals surface area (Å²) < 4.78 is 6.12. The van der Waals surface area contributed by atoms with Crippen molar-refractivity contribution in [2.45, 2.75) is 44.8 Å². The van der Waals surface area contributed by atoms with Crippen LogP contribution in [0.3, 0.4) is 0 Å². The van der Waals surface area contributed by atoms with Crippen molar-refractivity contribution in [3.05, 3.63) is 28.2 Å². The molecule has 0 heterocycles. The normalized spacial score (nSPS) is 16.5. The Morgan fingerprint density at radius 1 is 1.38 bits per heavy atom. The summed E-state index contributed by atoms with van der Waals surface area (Å²) in [6.45, 7) is 1.68. The smallest absolute Gasteiger partial charge is 0.335 e. The average molecular weight is 356 g/mol. The lowest BCUT2D eigenvalue weighted by Crippen LogP contribution is -2.41. The molecular formula is C15H18BrNO4. The van der Waals surface area contributed by atoms with Crippen LogP contribution in [0.2, 0.25) is 0 Å². The molecule has 1 unspecified atom stereocenters. The van der Waals surface area contributed by atoms with E-state index in [0.29, 0.717) is 10.2 Å². The molecule has 1 aromatic rings. The molecule has 0 aromatic heterocycles. The van der Waals surface area contributed by atoms with Gasteiger partial charge in [-0.2, -0.15) is 0 Å². The lowest BCUT2D eigenvalue weighted by Gasteiger charge is -2.18. The molecule has 114 valence electrons. The minimum absolute atomic E-state index is 0.142. The summed E-state index contributed by atoms with van der Waals surface area (Å²) in [7, 11) is 0. The van der Waals surface area contributed by atoms with Crippen molar-refractivity contribution in [1.82, 2.24) is 5.32 Å². The molecular weight excluding hydrogens is 338 g/mol. The zero-order valence-corrected chi connectivity index (χ0v) is 13.4. The molecule has 6 heteroatoms. The van der Waals surface area contributed by atoms with Gasteiger partial charge >= 0.3 is 5.97 Å². The molecule has 1 aliphatic carbocycles. The second kappa shape index (κ2) is 6.93. The van der Waals surface area contributed by atoms with Crippen LogP contribution in [0.4, 0.5) is 0 Å². The summed E-state index contributed by atoms with van der Waals surface area (Å²) in [5.41, 5.74) is 0.164. The molecule has 1 saturated carbocycles. The fraction of sp³-hybridized carbons (Fsp3) is 0.467. The van der Waals surface area contributed by atoms with E-state index < -0.39 is 12.1 Å². The van der Waals surface area contributed by atoms with Crippen LogP contribution in [0.15, 0.2) is 22.7 Å². The molecule has 1 fully saturated rings. The van der Waals surface area contributed by atoms with E-state index in [1.54, 1.807) is 13.0 Å². The number of benzene rings is 1. The van der Waals surface area contributed by atoms with E-state index in [2.05, 4.69) is 21.2 Å². The summed E-state index contributed by atoms with van der Waals surface area (Å²) in [6.07, 6.45) is 3.73. The Balaban J connectivity index is 1.96. The number of carboxylic acids is 1. The van der Waals surface area contributed by atoms with Crippen molar-refractivity contribution in [3.8, 4) is 5.75 Å². The molecule has 0 aliphatic heterocycles. The Kier molecular flexibility index (Phi) is 5.22. The van der Waals surface area contributed by atoms with Gasteiger partial charge in [-0.05, 0) is 53.9 Å². The first-order valence-corrected chi connectivity index (χ1v) is 7.76. The first-order chi connectivity index (χ1) is 9.97. The lowest BCUT2D eigenvalue weighted by molar-refractivity contribution is -0.128. The zero-order valence-electron chi connectivity index (χ0n) is 11.8. The second-order valence-electron chi connectivity index (χ2n) is 5.20. The maximum Gasteiger partial charge on any atom is 0.335 e. The number of ether oxygens (including phenoxy) is 1. The highest BCUT2D eigenvalue weighted by atomic mass is 79.9. The maximum absolute atomic E-state index is 12.0. The van der Waals surface area contributed by atoms with Gasteiger partial charge in [-0.3, -0.25) is 4.79 Å². The summed E-state index contributed by atoms with van der Waals surface area (Å²) in [5, 5.41) is 11.9.